The van der Waals surface area contributed by atoms with Crippen molar-refractivity contribution in [3.63, 3.8) is 0 Å². The van der Waals surface area contributed by atoms with Gasteiger partial charge in [-0.3, -0.25) is 0 Å². The third kappa shape index (κ3) is 65.9. The Balaban J connectivity index is 0.000000651. The first-order chi connectivity index (χ1) is 54.7. The summed E-state index contributed by atoms with van der Waals surface area (Å²) >= 11 is 0. The second-order valence-electron chi connectivity index (χ2n) is 40.4. The van der Waals surface area contributed by atoms with Gasteiger partial charge in [0.25, 0.3) is 0 Å². The van der Waals surface area contributed by atoms with E-state index in [4.69, 9.17) is 47.4 Å². The fourth-order valence-corrected chi connectivity index (χ4v) is 13.1. The van der Waals surface area contributed by atoms with Crippen molar-refractivity contribution in [3.05, 3.63) is 12.3 Å². The molecule has 0 amide bonds. The van der Waals surface area contributed by atoms with Crippen LogP contribution in [0.1, 0.15) is 239 Å². The fourth-order valence-electron chi connectivity index (χ4n) is 13.1. The Kier molecular flexibility index (Phi) is 61.7. The lowest BCUT2D eigenvalue weighted by Crippen LogP contribution is -2.48. The summed E-state index contributed by atoms with van der Waals surface area (Å²) in [5.41, 5.74) is 0.785. The van der Waals surface area contributed by atoms with Crippen LogP contribution in [0.25, 0.3) is 0 Å². The highest BCUT2D eigenvalue weighted by molar-refractivity contribution is 4.97. The van der Waals surface area contributed by atoms with E-state index in [1.54, 1.807) is 0 Å². The number of aliphatic hydroxyl groups excluding tert-OH is 3. The summed E-state index contributed by atoms with van der Waals surface area (Å²) in [6.07, 6.45) is 10.3. The summed E-state index contributed by atoms with van der Waals surface area (Å²) in [6.45, 7) is 101. The Morgan fingerprint density at radius 3 is 0.863 bits per heavy atom. The van der Waals surface area contributed by atoms with Crippen LogP contribution in [0.4, 0.5) is 0 Å². The molecule has 0 spiro atoms. The lowest BCUT2D eigenvalue weighted by Gasteiger charge is -2.41. The van der Waals surface area contributed by atoms with Crippen LogP contribution in [0.15, 0.2) is 12.3 Å². The number of ether oxygens (including phenoxy) is 10. The van der Waals surface area contributed by atoms with Crippen molar-refractivity contribution >= 4 is 0 Å². The minimum absolute atomic E-state index is 0.0367. The smallest absolute Gasteiger partial charge is 0.0900 e. The first-order valence-corrected chi connectivity index (χ1v) is 46.9. The number of hydrogen-bond donors (Lipinski definition) is 4. The molecule has 0 aliphatic carbocycles. The van der Waals surface area contributed by atoms with Crippen molar-refractivity contribution in [1.82, 2.24) is 49.4 Å². The highest BCUT2D eigenvalue weighted by Gasteiger charge is 2.30. The van der Waals surface area contributed by atoms with Crippen molar-refractivity contribution < 1.29 is 62.7 Å². The lowest BCUT2D eigenvalue weighted by atomic mass is 10.0. The molecular weight excluding hydrogens is 1480 g/mol. The van der Waals surface area contributed by atoms with E-state index < -0.39 is 0 Å². The van der Waals surface area contributed by atoms with Gasteiger partial charge in [0.2, 0.25) is 0 Å². The molecule has 0 aromatic rings. The summed E-state index contributed by atoms with van der Waals surface area (Å²) in [5, 5.41) is 31.9. The average molecular weight is 1670 g/mol. The number of aliphatic hydroxyl groups is 3. The second kappa shape index (κ2) is 63.6. The van der Waals surface area contributed by atoms with Crippen molar-refractivity contribution in [2.45, 2.75) is 316 Å². The van der Waals surface area contributed by atoms with Gasteiger partial charge in [0.1, 0.15) is 0 Å². The summed E-state index contributed by atoms with van der Waals surface area (Å²) in [5.74, 6) is 4.68. The molecule has 4 N–H and O–H groups in total. The zero-order valence-corrected chi connectivity index (χ0v) is 81.9. The standard InChI is InChI=1S/3C10H21NO2.C10H19NO.3C10H21NO.C9H19NO.C8H17NO.C7H15NO/c3*1-10(2,3)13-8-9(12)7-11-5-4-6-11;1-8(2)11-5-10(6-11)7-12-9(3)4;1-10(2,3)12-9-5-8-11-6-4-7-11;2*1-4-11-6-5-10(7-11)8-12-9(2)3;1-4-10-5-9(6-10)7-11-8(2)3;1-7(2)10-6-8-4-9(3)5-8;1-6(2)9-5-7-3-8-4-7/h3*9,12H,4-8H2,1-3H3;9-10H,1,5-7H2,2-4H3;4-9H2,1-3H3;2*9-10H,4-8H2,1-3H3;8-9H,4-7H2,1-3H3;7-8H,4-6H2,1-3H3;6-8H,3-5H2,1-2H3/t2*9-;;;;2*10-;;;/m10...10.../s1. The number of rotatable bonds is 38. The van der Waals surface area contributed by atoms with Crippen molar-refractivity contribution in [1.29, 1.82) is 0 Å². The maximum atomic E-state index is 9.58. The Labute approximate surface area is 722 Å². The number of allylic oxidation sites excluding steroid dienone is 1. The molecule has 10 fully saturated rings. The summed E-state index contributed by atoms with van der Waals surface area (Å²) in [4.78, 5) is 21.2. The third-order valence-corrected chi connectivity index (χ3v) is 21.1. The molecule has 0 aromatic heterocycles. The molecule has 0 bridgehead atoms. The molecule has 5 atom stereocenters. The molecule has 0 radical (unpaired) electrons. The number of nitrogens with one attached hydrogen (secondary N) is 1. The average Bonchev–Trinajstić information content (AvgIpc) is 1.69. The van der Waals surface area contributed by atoms with Crippen LogP contribution < -0.4 is 5.32 Å². The minimum atomic E-state index is -0.334. The van der Waals surface area contributed by atoms with E-state index in [0.717, 1.165) is 167 Å². The lowest BCUT2D eigenvalue weighted by molar-refractivity contribution is -0.0600. The molecule has 0 aromatic carbocycles. The SMILES string of the molecule is C=C(C)N1CC(COC(C)C)C1.CC(C)(C)OCC(O)CN1CCC1.CC(C)(C)OCCCN1CCC1.CC(C)(C)OC[C@@H](O)CN1CCC1.CC(C)(C)OC[C@H](O)CN1CCC1.CC(C)OCC1CN(C)C1.CC(C)OCC1CNC1.CCN1CC(COC(C)C)C1.CCN1CC[C@@H](COC(C)C)C1.CCN1CC[C@H](COC(C)C)C1. The van der Waals surface area contributed by atoms with Crippen molar-refractivity contribution in [2.24, 2.45) is 35.5 Å². The molecule has 10 saturated heterocycles. The van der Waals surface area contributed by atoms with Gasteiger partial charge in [0.15, 0.2) is 0 Å². The zero-order valence-electron chi connectivity index (χ0n) is 81.9. The Morgan fingerprint density at radius 1 is 0.359 bits per heavy atom. The molecule has 23 nitrogen and oxygen atoms in total. The third-order valence-electron chi connectivity index (χ3n) is 21.1. The van der Waals surface area contributed by atoms with Gasteiger partial charge in [-0.05, 0) is 322 Å². The molecule has 10 heterocycles. The Bertz CT molecular complexity index is 2190. The predicted octanol–water partition coefficient (Wildman–Crippen LogP) is 12.9. The molecule has 10 rings (SSSR count). The van der Waals surface area contributed by atoms with E-state index in [-0.39, 0.29) is 40.7 Å². The van der Waals surface area contributed by atoms with Crippen LogP contribution in [0.3, 0.4) is 0 Å². The molecular formula is C94H196N10O13. The first-order valence-electron chi connectivity index (χ1n) is 46.9. The maximum Gasteiger partial charge on any atom is 0.0900 e. The Morgan fingerprint density at radius 2 is 0.632 bits per heavy atom. The zero-order chi connectivity index (χ0) is 88.3. The molecule has 0 saturated carbocycles. The number of hydrogen-bond acceptors (Lipinski definition) is 23. The van der Waals surface area contributed by atoms with Gasteiger partial charge >= 0.3 is 0 Å². The molecule has 1 unspecified atom stereocenters. The second-order valence-corrected chi connectivity index (χ2v) is 40.4. The molecule has 10 aliphatic rings. The van der Waals surface area contributed by atoms with Gasteiger partial charge in [-0.15, -0.1) is 0 Å². The van der Waals surface area contributed by atoms with E-state index in [0.29, 0.717) is 56.4 Å². The van der Waals surface area contributed by atoms with Crippen LogP contribution >= 0.6 is 0 Å². The van der Waals surface area contributed by atoms with Crippen LogP contribution in [-0.4, -0.2) is 387 Å². The molecule has 23 heteroatoms. The largest absolute Gasteiger partial charge is 0.389 e. The van der Waals surface area contributed by atoms with E-state index in [2.05, 4.69) is 195 Å². The normalized spacial score (nSPS) is 21.5. The topological polar surface area (TPSA) is 194 Å². The van der Waals surface area contributed by atoms with Crippen molar-refractivity contribution in [3.8, 4) is 0 Å². The van der Waals surface area contributed by atoms with Gasteiger partial charge in [-0.1, -0.05) is 27.4 Å². The maximum absolute atomic E-state index is 9.58. The Hall–Kier alpha value is -1.34. The van der Waals surface area contributed by atoms with Crippen LogP contribution in [0.2, 0.25) is 0 Å². The van der Waals surface area contributed by atoms with E-state index in [1.165, 1.54) is 142 Å². The van der Waals surface area contributed by atoms with Crippen molar-refractivity contribution in [2.75, 3.05) is 250 Å². The highest BCUT2D eigenvalue weighted by Crippen LogP contribution is 2.23. The summed E-state index contributed by atoms with van der Waals surface area (Å²) < 4.78 is 55.2. The van der Waals surface area contributed by atoms with Gasteiger partial charge in [0, 0.05) is 128 Å². The highest BCUT2D eigenvalue weighted by atomic mass is 16.5. The predicted molar refractivity (Wildman–Crippen MR) is 489 cm³/mol. The van der Waals surface area contributed by atoms with Gasteiger partial charge < -0.3 is 112 Å². The molecule has 10 aliphatic heterocycles. The number of nitrogens with zero attached hydrogens (tertiary/aromatic N) is 9. The van der Waals surface area contributed by atoms with Crippen LogP contribution in [-0.2, 0) is 47.4 Å². The van der Waals surface area contributed by atoms with E-state index >= 15 is 0 Å². The molecule has 117 heavy (non-hydrogen) atoms. The molecule has 700 valence electrons. The first kappa shape index (κ1) is 114. The van der Waals surface area contributed by atoms with Gasteiger partial charge in [0.05, 0.1) is 137 Å². The monoisotopic (exact) mass is 1670 g/mol. The van der Waals surface area contributed by atoms with Crippen LogP contribution in [0.5, 0.6) is 0 Å². The summed E-state index contributed by atoms with van der Waals surface area (Å²) in [6, 6.07) is 0. The van der Waals surface area contributed by atoms with Gasteiger partial charge in [-0.2, -0.15) is 0 Å². The van der Waals surface area contributed by atoms with Gasteiger partial charge in [-0.25, -0.2) is 0 Å². The van der Waals surface area contributed by atoms with Crippen LogP contribution in [0, 0.1) is 35.5 Å². The quantitative estimate of drug-likeness (QED) is 0.0426. The minimum Gasteiger partial charge on any atom is -0.389 e. The summed E-state index contributed by atoms with van der Waals surface area (Å²) in [7, 11) is 2.14. The van der Waals surface area contributed by atoms with E-state index in [1.807, 2.05) is 62.3 Å². The van der Waals surface area contributed by atoms with E-state index in [9.17, 15) is 15.3 Å². The number of likely N-dealkylation sites (tertiary alicyclic amines) is 9. The fraction of sp³-hybridized carbons (Fsp3) is 0.979. The number of β-amino-alcohol motifs (C(OH)–C–C–N with tert-alkyl or cyclic N) is 3.